The smallest absolute Gasteiger partial charge is 0.292 e. The van der Waals surface area contributed by atoms with Crippen molar-refractivity contribution in [3.8, 4) is 0 Å². The molecule has 0 aliphatic heterocycles. The third-order valence-electron chi connectivity index (χ3n) is 2.89. The average molecular weight is 289 g/mol. The summed E-state index contributed by atoms with van der Waals surface area (Å²) in [6.07, 6.45) is 0. The monoisotopic (exact) mass is 289 g/mol. The van der Waals surface area contributed by atoms with Crippen molar-refractivity contribution in [3.05, 3.63) is 70.0 Å². The van der Waals surface area contributed by atoms with Gasteiger partial charge in [0.25, 0.3) is 5.69 Å². The van der Waals surface area contributed by atoms with Gasteiger partial charge in [0.1, 0.15) is 17.5 Å². The molecule has 2 aromatic rings. The number of nitro groups is 1. The topological polar surface area (TPSA) is 98.3 Å². The molecule has 0 saturated carbocycles. The van der Waals surface area contributed by atoms with E-state index in [0.717, 1.165) is 0 Å². The van der Waals surface area contributed by atoms with Crippen LogP contribution in [0.3, 0.4) is 0 Å². The van der Waals surface area contributed by atoms with Crippen molar-refractivity contribution in [1.82, 2.24) is 0 Å². The molecule has 6 nitrogen and oxygen atoms in total. The molecular weight excluding hydrogens is 277 g/mol. The first kappa shape index (κ1) is 14.4. The largest absolute Gasteiger partial charge is 0.368 e. The number of hydrogen-bond donors (Lipinski definition) is 2. The number of nitrogens with one attached hydrogen (secondary N) is 1. The van der Waals surface area contributed by atoms with Crippen LogP contribution in [0.5, 0.6) is 0 Å². The Morgan fingerprint density at radius 2 is 1.81 bits per heavy atom. The highest BCUT2D eigenvalue weighted by atomic mass is 19.1. The van der Waals surface area contributed by atoms with Gasteiger partial charge in [0.05, 0.1) is 4.92 Å². The van der Waals surface area contributed by atoms with E-state index in [1.165, 1.54) is 42.5 Å². The van der Waals surface area contributed by atoms with Gasteiger partial charge in [0.15, 0.2) is 0 Å². The first-order valence-electron chi connectivity index (χ1n) is 6.04. The van der Waals surface area contributed by atoms with Gasteiger partial charge in [-0.2, -0.15) is 0 Å². The zero-order chi connectivity index (χ0) is 15.4. The summed E-state index contributed by atoms with van der Waals surface area (Å²) in [7, 11) is 0. The van der Waals surface area contributed by atoms with Crippen LogP contribution >= 0.6 is 0 Å². The lowest BCUT2D eigenvalue weighted by molar-refractivity contribution is -0.384. The number of anilines is 1. The predicted octanol–water partition coefficient (Wildman–Crippen LogP) is 2.37. The molecule has 0 aliphatic carbocycles. The molecule has 1 unspecified atom stereocenters. The second-order valence-corrected chi connectivity index (χ2v) is 4.31. The normalized spacial score (nSPS) is 11.7. The number of hydrogen-bond acceptors (Lipinski definition) is 4. The van der Waals surface area contributed by atoms with Gasteiger partial charge >= 0.3 is 0 Å². The molecule has 21 heavy (non-hydrogen) atoms. The van der Waals surface area contributed by atoms with Gasteiger partial charge in [-0.15, -0.1) is 0 Å². The van der Waals surface area contributed by atoms with E-state index in [-0.39, 0.29) is 11.4 Å². The Balaban J connectivity index is 2.35. The van der Waals surface area contributed by atoms with Gasteiger partial charge in [-0.3, -0.25) is 14.9 Å². The third-order valence-corrected chi connectivity index (χ3v) is 2.89. The number of halogens is 1. The maximum absolute atomic E-state index is 12.9. The van der Waals surface area contributed by atoms with Gasteiger partial charge < -0.3 is 11.1 Å². The van der Waals surface area contributed by atoms with Crippen LogP contribution in [0.4, 0.5) is 15.8 Å². The standard InChI is InChI=1S/C14H12FN3O3/c15-10-7-5-9(6-8-10)13(14(16)19)17-11-3-1-2-4-12(11)18(20)21/h1-8,13,17H,(H2,16,19). The number of amides is 1. The lowest BCUT2D eigenvalue weighted by atomic mass is 10.1. The highest BCUT2D eigenvalue weighted by Crippen LogP contribution is 2.27. The molecule has 1 amide bonds. The number of nitrogens with two attached hydrogens (primary N) is 1. The van der Waals surface area contributed by atoms with Crippen molar-refractivity contribution in [3.63, 3.8) is 0 Å². The maximum atomic E-state index is 12.9. The second-order valence-electron chi connectivity index (χ2n) is 4.31. The minimum absolute atomic E-state index is 0.163. The minimum atomic E-state index is -0.994. The van der Waals surface area contributed by atoms with Gasteiger partial charge in [-0.25, -0.2) is 4.39 Å². The van der Waals surface area contributed by atoms with E-state index < -0.39 is 22.7 Å². The van der Waals surface area contributed by atoms with E-state index in [1.807, 2.05) is 0 Å². The lowest BCUT2D eigenvalue weighted by Gasteiger charge is -2.17. The Labute approximate surface area is 119 Å². The molecule has 0 heterocycles. The van der Waals surface area contributed by atoms with Crippen LogP contribution < -0.4 is 11.1 Å². The highest BCUT2D eigenvalue weighted by molar-refractivity contribution is 5.85. The van der Waals surface area contributed by atoms with Crippen molar-refractivity contribution in [1.29, 1.82) is 0 Å². The summed E-state index contributed by atoms with van der Waals surface area (Å²) in [5, 5.41) is 13.7. The van der Waals surface area contributed by atoms with Crippen molar-refractivity contribution < 1.29 is 14.1 Å². The minimum Gasteiger partial charge on any atom is -0.368 e. The molecule has 1 atom stereocenters. The molecule has 0 radical (unpaired) electrons. The molecule has 2 aromatic carbocycles. The Morgan fingerprint density at radius 1 is 1.19 bits per heavy atom. The van der Waals surface area contributed by atoms with Gasteiger partial charge in [-0.1, -0.05) is 24.3 Å². The Kier molecular flexibility index (Phi) is 4.13. The Morgan fingerprint density at radius 3 is 2.38 bits per heavy atom. The first-order chi connectivity index (χ1) is 9.99. The van der Waals surface area contributed by atoms with Crippen LogP contribution in [0.15, 0.2) is 48.5 Å². The molecule has 0 spiro atoms. The van der Waals surface area contributed by atoms with E-state index in [4.69, 9.17) is 5.73 Å². The second kappa shape index (κ2) is 6.00. The van der Waals surface area contributed by atoms with Gasteiger partial charge in [0.2, 0.25) is 5.91 Å². The number of rotatable bonds is 5. The quantitative estimate of drug-likeness (QED) is 0.652. The summed E-state index contributed by atoms with van der Waals surface area (Å²) in [4.78, 5) is 22.0. The number of para-hydroxylation sites is 2. The lowest BCUT2D eigenvalue weighted by Crippen LogP contribution is -2.28. The molecule has 108 valence electrons. The summed E-state index contributed by atoms with van der Waals surface area (Å²) < 4.78 is 12.9. The van der Waals surface area contributed by atoms with Crippen molar-refractivity contribution in [2.24, 2.45) is 5.73 Å². The molecule has 3 N–H and O–H groups in total. The fraction of sp³-hybridized carbons (Fsp3) is 0.0714. The van der Waals surface area contributed by atoms with Gasteiger partial charge in [-0.05, 0) is 23.8 Å². The van der Waals surface area contributed by atoms with Crippen LogP contribution in [-0.2, 0) is 4.79 Å². The van der Waals surface area contributed by atoms with Crippen molar-refractivity contribution >= 4 is 17.3 Å². The zero-order valence-electron chi connectivity index (χ0n) is 10.8. The summed E-state index contributed by atoms with van der Waals surface area (Å²) >= 11 is 0. The van der Waals surface area contributed by atoms with Crippen LogP contribution in [0.25, 0.3) is 0 Å². The average Bonchev–Trinajstić information content (AvgIpc) is 2.46. The zero-order valence-corrected chi connectivity index (χ0v) is 10.8. The van der Waals surface area contributed by atoms with Crippen LogP contribution in [0.1, 0.15) is 11.6 Å². The van der Waals surface area contributed by atoms with E-state index in [9.17, 15) is 19.3 Å². The summed E-state index contributed by atoms with van der Waals surface area (Å²) in [6.45, 7) is 0. The van der Waals surface area contributed by atoms with E-state index in [0.29, 0.717) is 5.56 Å². The number of carbonyl (C=O) groups is 1. The van der Waals surface area contributed by atoms with Crippen LogP contribution in [0, 0.1) is 15.9 Å². The first-order valence-corrected chi connectivity index (χ1v) is 6.04. The number of benzene rings is 2. The van der Waals surface area contributed by atoms with Crippen molar-refractivity contribution in [2.75, 3.05) is 5.32 Å². The van der Waals surface area contributed by atoms with Crippen LogP contribution in [0.2, 0.25) is 0 Å². The molecule has 7 heteroatoms. The highest BCUT2D eigenvalue weighted by Gasteiger charge is 2.21. The Hall–Kier alpha value is -2.96. The summed E-state index contributed by atoms with van der Waals surface area (Å²) in [5.74, 6) is -1.17. The third kappa shape index (κ3) is 3.33. The summed E-state index contributed by atoms with van der Waals surface area (Å²) in [6, 6.07) is 10.1. The maximum Gasteiger partial charge on any atom is 0.292 e. The number of carbonyl (C=O) groups excluding carboxylic acids is 1. The van der Waals surface area contributed by atoms with E-state index in [1.54, 1.807) is 6.07 Å². The molecule has 0 saturated heterocycles. The van der Waals surface area contributed by atoms with Crippen LogP contribution in [-0.4, -0.2) is 10.8 Å². The molecule has 0 aromatic heterocycles. The molecule has 0 fully saturated rings. The molecule has 2 rings (SSSR count). The van der Waals surface area contributed by atoms with E-state index >= 15 is 0 Å². The summed E-state index contributed by atoms with van der Waals surface area (Å²) in [5.41, 5.74) is 5.72. The Bertz CT molecular complexity index is 673. The molecule has 0 aliphatic rings. The molecule has 0 bridgehead atoms. The van der Waals surface area contributed by atoms with E-state index in [2.05, 4.69) is 5.32 Å². The molecular formula is C14H12FN3O3. The SMILES string of the molecule is NC(=O)C(Nc1ccccc1[N+](=O)[O-])c1ccc(F)cc1. The number of nitro benzene ring substituents is 1. The fourth-order valence-electron chi connectivity index (χ4n) is 1.88. The number of primary amides is 1. The fourth-order valence-corrected chi connectivity index (χ4v) is 1.88. The predicted molar refractivity (Wildman–Crippen MR) is 75.1 cm³/mol. The number of nitrogens with zero attached hydrogens (tertiary/aromatic N) is 1. The van der Waals surface area contributed by atoms with Gasteiger partial charge in [0, 0.05) is 6.07 Å². The van der Waals surface area contributed by atoms with Crippen molar-refractivity contribution in [2.45, 2.75) is 6.04 Å².